The predicted octanol–water partition coefficient (Wildman–Crippen LogP) is 13.2. The summed E-state index contributed by atoms with van der Waals surface area (Å²) in [6.07, 6.45) is -6.28. The molecule has 0 bridgehead atoms. The van der Waals surface area contributed by atoms with Gasteiger partial charge in [-0.25, -0.2) is 0 Å². The molecule has 2 aromatic rings. The summed E-state index contributed by atoms with van der Waals surface area (Å²) in [5.74, 6) is -0.0181. The molecule has 0 N–H and O–H groups in total. The lowest BCUT2D eigenvalue weighted by molar-refractivity contribution is -0.144. The molecule has 0 saturated carbocycles. The van der Waals surface area contributed by atoms with Crippen LogP contribution in [-0.4, -0.2) is 38.2 Å². The molecule has 3 atom stereocenters. The minimum atomic E-state index is -5.17. The van der Waals surface area contributed by atoms with E-state index in [9.17, 15) is 52.7 Å². The smallest absolute Gasteiger partial charge is 0.327 e. The number of fused-ring (bicyclic) bond motifs is 5. The highest BCUT2D eigenvalue weighted by atomic mass is 19.4. The van der Waals surface area contributed by atoms with Crippen molar-refractivity contribution in [3.05, 3.63) is 175 Å². The first-order chi connectivity index (χ1) is 30.2. The van der Waals surface area contributed by atoms with Gasteiger partial charge in [0.05, 0.1) is 64.2 Å². The zero-order valence-corrected chi connectivity index (χ0v) is 35.5. The molecule has 65 heavy (non-hydrogen) atoms. The Labute approximate surface area is 366 Å². The van der Waals surface area contributed by atoms with Crippen molar-refractivity contribution in [2.24, 2.45) is 21.8 Å². The average Bonchev–Trinajstić information content (AvgIpc) is 3.48. The highest BCUT2D eigenvalue weighted by molar-refractivity contribution is 5.86. The number of alkyl halides is 12. The van der Waals surface area contributed by atoms with Gasteiger partial charge in [0, 0.05) is 31.1 Å². The number of nitrogens with zero attached hydrogens (tertiary/aromatic N) is 6. The number of aliphatic imine (C=N–C) groups is 2. The van der Waals surface area contributed by atoms with Crippen LogP contribution in [0.15, 0.2) is 151 Å². The molecule has 3 unspecified atom stereocenters. The average molecular weight is 917 g/mol. The molecular weight excluding hydrogens is 877 g/mol. The minimum absolute atomic E-state index is 0.0180. The molecule has 4 heterocycles. The Bertz CT molecular complexity index is 2640. The summed E-state index contributed by atoms with van der Waals surface area (Å²) in [7, 11) is 0. The number of hydrogen-bond donors (Lipinski definition) is 0. The van der Waals surface area contributed by atoms with Crippen LogP contribution in [0.5, 0.6) is 0 Å². The summed E-state index contributed by atoms with van der Waals surface area (Å²) in [6.45, 7) is 10.3. The third-order valence-corrected chi connectivity index (χ3v) is 11.9. The molecule has 342 valence electrons. The van der Waals surface area contributed by atoms with Gasteiger partial charge in [0.15, 0.2) is 6.17 Å². The van der Waals surface area contributed by atoms with Crippen LogP contribution in [-0.2, 0) is 37.8 Å². The van der Waals surface area contributed by atoms with Crippen molar-refractivity contribution in [2.75, 3.05) is 0 Å². The van der Waals surface area contributed by atoms with Crippen molar-refractivity contribution >= 4 is 12.4 Å². The maximum atomic E-state index is 14.3. The molecular formula is C47H40F12N6. The van der Waals surface area contributed by atoms with E-state index in [4.69, 9.17) is 0 Å². The SMILES string of the molecule is CC1=CC(C)C(=C2C=NC=C3N(Cc4cc(C(F)(F)F)cc(C(F)(F)F)c4)C=C4C(N32)N2C(=CN=CC2=C2C(C)=CC(C)=CC2C)N4Cc2cc(C(F)(F)F)cc(C(F)(F)F)c2)C(C)=C1. The third kappa shape index (κ3) is 8.47. The van der Waals surface area contributed by atoms with Crippen molar-refractivity contribution in [3.8, 4) is 0 Å². The molecule has 1 saturated heterocycles. The van der Waals surface area contributed by atoms with Gasteiger partial charge in [-0.05, 0) is 97.5 Å². The summed E-state index contributed by atoms with van der Waals surface area (Å²) >= 11 is 0. The van der Waals surface area contributed by atoms with Gasteiger partial charge in [0.25, 0.3) is 0 Å². The number of hydrogen-bond acceptors (Lipinski definition) is 6. The zero-order chi connectivity index (χ0) is 47.3. The van der Waals surface area contributed by atoms with E-state index in [0.29, 0.717) is 35.7 Å². The fraction of sp³-hybridized carbons (Fsp3) is 0.319. The fourth-order valence-electron chi connectivity index (χ4n) is 9.56. The molecule has 1 fully saturated rings. The van der Waals surface area contributed by atoms with Gasteiger partial charge in [-0.1, -0.05) is 49.3 Å². The van der Waals surface area contributed by atoms with Crippen LogP contribution in [0.3, 0.4) is 0 Å². The second-order valence-corrected chi connectivity index (χ2v) is 16.9. The van der Waals surface area contributed by atoms with Crippen molar-refractivity contribution in [3.63, 3.8) is 0 Å². The molecule has 8 rings (SSSR count). The normalized spacial score (nSPS) is 24.8. The molecule has 0 aromatic heterocycles. The van der Waals surface area contributed by atoms with Gasteiger partial charge >= 0.3 is 24.7 Å². The Hall–Kier alpha value is -6.20. The lowest BCUT2D eigenvalue weighted by Gasteiger charge is -2.47. The molecule has 0 spiro atoms. The van der Waals surface area contributed by atoms with Gasteiger partial charge in [-0.15, -0.1) is 0 Å². The molecule has 2 aromatic carbocycles. The Morgan fingerprint density at radius 3 is 1.31 bits per heavy atom. The van der Waals surface area contributed by atoms with Gasteiger partial charge < -0.3 is 9.80 Å². The summed E-state index contributed by atoms with van der Waals surface area (Å²) in [5.41, 5.74) is -0.530. The highest BCUT2D eigenvalue weighted by Gasteiger charge is 2.52. The van der Waals surface area contributed by atoms with Crippen molar-refractivity contribution in [1.82, 2.24) is 19.6 Å². The lowest BCUT2D eigenvalue weighted by atomic mass is 9.85. The summed E-state index contributed by atoms with van der Waals surface area (Å²) in [6, 6.07) is 2.48. The largest absolute Gasteiger partial charge is 0.416 e. The van der Waals surface area contributed by atoms with Gasteiger partial charge in [0.2, 0.25) is 0 Å². The van der Waals surface area contributed by atoms with Gasteiger partial charge in [0.1, 0.15) is 11.6 Å². The zero-order valence-electron chi connectivity index (χ0n) is 35.5. The third-order valence-electron chi connectivity index (χ3n) is 11.9. The number of halogens is 12. The summed E-state index contributed by atoms with van der Waals surface area (Å²) in [5, 5.41) is 0. The van der Waals surface area contributed by atoms with Crippen molar-refractivity contribution in [1.29, 1.82) is 0 Å². The molecule has 0 amide bonds. The predicted molar refractivity (Wildman–Crippen MR) is 220 cm³/mol. The molecule has 0 radical (unpaired) electrons. The van der Waals surface area contributed by atoms with Gasteiger partial charge in [-0.3, -0.25) is 19.8 Å². The van der Waals surface area contributed by atoms with Crippen LogP contribution in [0.25, 0.3) is 0 Å². The van der Waals surface area contributed by atoms with E-state index in [1.54, 1.807) is 12.4 Å². The van der Waals surface area contributed by atoms with Crippen LogP contribution < -0.4 is 0 Å². The molecule has 2 aliphatic carbocycles. The summed E-state index contributed by atoms with van der Waals surface area (Å²) < 4.78 is 171. The molecule has 6 aliphatic rings. The number of benzene rings is 2. The standard InChI is InChI=1S/C47H40F12N6/c1-24-7-26(3)41(27(4)8-24)36-17-60-19-39-62(21-30-11-32(44(48,49)50)15-33(12-30)45(51,52)53)23-38-43(64(36)39)65-37(42-28(5)9-25(2)10-29(42)6)18-61-20-40(65)63(38)22-31-13-34(46(54,55)56)16-35(14-31)47(57,58)59/h7-20,23,26,28,43H,21-22H2,1-6H3. The maximum Gasteiger partial charge on any atom is 0.416 e. The molecule has 4 aliphatic heterocycles. The topological polar surface area (TPSA) is 37.7 Å². The fourth-order valence-corrected chi connectivity index (χ4v) is 9.56. The van der Waals surface area contributed by atoms with E-state index < -0.39 is 77.3 Å². The van der Waals surface area contributed by atoms with Crippen molar-refractivity contribution < 1.29 is 52.7 Å². The van der Waals surface area contributed by atoms with Crippen LogP contribution in [0.4, 0.5) is 52.7 Å². The Morgan fingerprint density at radius 1 is 0.523 bits per heavy atom. The maximum absolute atomic E-state index is 14.3. The van der Waals surface area contributed by atoms with Crippen LogP contribution in [0.2, 0.25) is 0 Å². The van der Waals surface area contributed by atoms with Crippen molar-refractivity contribution in [2.45, 2.75) is 85.5 Å². The quantitative estimate of drug-likeness (QED) is 0.287. The van der Waals surface area contributed by atoms with E-state index in [1.807, 2.05) is 75.6 Å². The van der Waals surface area contributed by atoms with E-state index >= 15 is 0 Å². The van der Waals surface area contributed by atoms with Crippen LogP contribution in [0, 0.1) is 11.8 Å². The molecule has 6 nitrogen and oxygen atoms in total. The second kappa shape index (κ2) is 15.8. The first-order valence-electron chi connectivity index (χ1n) is 20.3. The van der Waals surface area contributed by atoms with E-state index in [0.717, 1.165) is 33.4 Å². The van der Waals surface area contributed by atoms with Gasteiger partial charge in [-0.2, -0.15) is 52.7 Å². The highest BCUT2D eigenvalue weighted by Crippen LogP contribution is 2.50. The number of rotatable bonds is 4. The molecule has 18 heteroatoms. The number of allylic oxidation sites excluding steroid dienone is 12. The minimum Gasteiger partial charge on any atom is -0.327 e. The van der Waals surface area contributed by atoms with Crippen LogP contribution in [0.1, 0.15) is 74.9 Å². The lowest BCUT2D eigenvalue weighted by Crippen LogP contribution is -2.51. The Balaban J connectivity index is 1.41. The first kappa shape index (κ1) is 45.4. The Morgan fingerprint density at radius 2 is 0.908 bits per heavy atom. The first-order valence-corrected chi connectivity index (χ1v) is 20.3. The van der Waals surface area contributed by atoms with E-state index in [-0.39, 0.29) is 41.3 Å². The van der Waals surface area contributed by atoms with Crippen LogP contribution >= 0.6 is 0 Å². The Kier molecular flexibility index (Phi) is 11.0. The monoisotopic (exact) mass is 916 g/mol. The van der Waals surface area contributed by atoms with E-state index in [1.165, 1.54) is 28.4 Å². The van der Waals surface area contributed by atoms with E-state index in [2.05, 4.69) is 9.98 Å². The second-order valence-electron chi connectivity index (χ2n) is 16.9. The summed E-state index contributed by atoms with van der Waals surface area (Å²) in [4.78, 5) is 15.6.